The number of hydrogen-bond donors (Lipinski definition) is 1. The zero-order chi connectivity index (χ0) is 17.8. The Morgan fingerprint density at radius 1 is 0.962 bits per heavy atom. The van der Waals surface area contributed by atoms with Crippen molar-refractivity contribution in [2.45, 2.75) is 32.1 Å². The molecule has 1 amide bonds. The van der Waals surface area contributed by atoms with Gasteiger partial charge >= 0.3 is 0 Å². The van der Waals surface area contributed by atoms with Crippen LogP contribution in [0.5, 0.6) is 0 Å². The van der Waals surface area contributed by atoms with Crippen LogP contribution in [0.1, 0.15) is 36.8 Å². The molecule has 3 nitrogen and oxygen atoms in total. The lowest BCUT2D eigenvalue weighted by atomic mass is 9.82. The van der Waals surface area contributed by atoms with Crippen LogP contribution in [0.2, 0.25) is 0 Å². The Hall–Kier alpha value is -2.39. The number of carbonyl (C=O) groups is 1. The third kappa shape index (κ3) is 3.88. The summed E-state index contributed by atoms with van der Waals surface area (Å²) in [5, 5.41) is 2.97. The van der Waals surface area contributed by atoms with Crippen molar-refractivity contribution in [1.29, 1.82) is 0 Å². The molecule has 0 atom stereocenters. The second kappa shape index (κ2) is 7.88. The molecule has 0 saturated heterocycles. The molecule has 2 aromatic rings. The van der Waals surface area contributed by atoms with Gasteiger partial charge in [0.05, 0.1) is 0 Å². The van der Waals surface area contributed by atoms with Gasteiger partial charge in [-0.3, -0.25) is 9.69 Å². The summed E-state index contributed by atoms with van der Waals surface area (Å²) in [4.78, 5) is 14.6. The fraction of sp³-hybridized carbons (Fsp3) is 0.348. The summed E-state index contributed by atoms with van der Waals surface area (Å²) in [5.41, 5.74) is 7.08. The van der Waals surface area contributed by atoms with Gasteiger partial charge in [0.1, 0.15) is 0 Å². The zero-order valence-electron chi connectivity index (χ0n) is 15.2. The monoisotopic (exact) mass is 346 g/mol. The first kappa shape index (κ1) is 17.0. The molecule has 26 heavy (non-hydrogen) atoms. The SMILES string of the molecule is O=C(CCCN1CCC2=C(CCc3ccccc32)C1)Nc1ccccc1. The fourth-order valence-electron chi connectivity index (χ4n) is 4.16. The van der Waals surface area contributed by atoms with Gasteiger partial charge in [0, 0.05) is 25.2 Å². The number of anilines is 1. The van der Waals surface area contributed by atoms with E-state index >= 15 is 0 Å². The molecule has 0 radical (unpaired) electrons. The maximum absolute atomic E-state index is 12.1. The van der Waals surface area contributed by atoms with Crippen LogP contribution in [0.15, 0.2) is 60.2 Å². The van der Waals surface area contributed by atoms with E-state index in [4.69, 9.17) is 0 Å². The minimum Gasteiger partial charge on any atom is -0.326 e. The molecule has 0 unspecified atom stereocenters. The van der Waals surface area contributed by atoms with Crippen molar-refractivity contribution in [3.8, 4) is 0 Å². The van der Waals surface area contributed by atoms with Crippen LogP contribution in [0.3, 0.4) is 0 Å². The molecule has 3 heteroatoms. The van der Waals surface area contributed by atoms with Crippen LogP contribution < -0.4 is 5.32 Å². The maximum Gasteiger partial charge on any atom is 0.224 e. The molecule has 1 N–H and O–H groups in total. The molecule has 0 bridgehead atoms. The zero-order valence-corrected chi connectivity index (χ0v) is 15.2. The van der Waals surface area contributed by atoms with E-state index in [9.17, 15) is 4.79 Å². The Balaban J connectivity index is 1.28. The van der Waals surface area contributed by atoms with Crippen LogP contribution in [-0.4, -0.2) is 30.4 Å². The van der Waals surface area contributed by atoms with Gasteiger partial charge in [0.25, 0.3) is 0 Å². The molecule has 1 aliphatic heterocycles. The predicted octanol–water partition coefficient (Wildman–Crippen LogP) is 4.51. The number of aryl methyl sites for hydroxylation is 1. The summed E-state index contributed by atoms with van der Waals surface area (Å²) in [6.45, 7) is 3.18. The minimum absolute atomic E-state index is 0.111. The van der Waals surface area contributed by atoms with Crippen molar-refractivity contribution in [1.82, 2.24) is 4.90 Å². The number of para-hydroxylation sites is 1. The summed E-state index contributed by atoms with van der Waals surface area (Å²) < 4.78 is 0. The summed E-state index contributed by atoms with van der Waals surface area (Å²) in [5.74, 6) is 0.111. The molecular formula is C23H26N2O. The number of rotatable bonds is 5. The van der Waals surface area contributed by atoms with Crippen LogP contribution in [0.25, 0.3) is 5.57 Å². The van der Waals surface area contributed by atoms with Gasteiger partial charge in [-0.15, -0.1) is 0 Å². The normalized spacial score (nSPS) is 16.8. The van der Waals surface area contributed by atoms with Crippen molar-refractivity contribution in [2.24, 2.45) is 0 Å². The van der Waals surface area contributed by atoms with E-state index in [0.717, 1.165) is 38.2 Å². The molecule has 0 fully saturated rings. The van der Waals surface area contributed by atoms with Gasteiger partial charge in [-0.1, -0.05) is 48.0 Å². The number of nitrogens with one attached hydrogen (secondary N) is 1. The van der Waals surface area contributed by atoms with Crippen molar-refractivity contribution in [2.75, 3.05) is 25.0 Å². The first-order chi connectivity index (χ1) is 12.8. The van der Waals surface area contributed by atoms with Gasteiger partial charge in [-0.25, -0.2) is 0 Å². The maximum atomic E-state index is 12.1. The largest absolute Gasteiger partial charge is 0.326 e. The van der Waals surface area contributed by atoms with Crippen LogP contribution in [-0.2, 0) is 11.2 Å². The smallest absolute Gasteiger partial charge is 0.224 e. The predicted molar refractivity (Wildman–Crippen MR) is 107 cm³/mol. The molecule has 1 heterocycles. The second-order valence-corrected chi connectivity index (χ2v) is 7.28. The lowest BCUT2D eigenvalue weighted by Gasteiger charge is -2.34. The third-order valence-corrected chi connectivity index (χ3v) is 5.49. The highest BCUT2D eigenvalue weighted by atomic mass is 16.1. The molecule has 2 aromatic carbocycles. The van der Waals surface area contributed by atoms with Crippen LogP contribution >= 0.6 is 0 Å². The highest BCUT2D eigenvalue weighted by Crippen LogP contribution is 2.36. The summed E-state index contributed by atoms with van der Waals surface area (Å²) >= 11 is 0. The van der Waals surface area contributed by atoms with Crippen molar-refractivity contribution in [3.63, 3.8) is 0 Å². The number of benzene rings is 2. The van der Waals surface area contributed by atoms with E-state index in [-0.39, 0.29) is 5.91 Å². The number of amides is 1. The standard InChI is InChI=1S/C23H26N2O/c26-23(24-20-8-2-1-3-9-20)11-6-15-25-16-14-22-19(17-25)13-12-18-7-4-5-10-21(18)22/h1-5,7-10H,6,11-17H2,(H,24,26). The van der Waals surface area contributed by atoms with Crippen molar-refractivity contribution >= 4 is 17.2 Å². The fourth-order valence-corrected chi connectivity index (χ4v) is 4.16. The molecular weight excluding hydrogens is 320 g/mol. The Bertz CT molecular complexity index is 810. The van der Waals surface area contributed by atoms with E-state index < -0.39 is 0 Å². The summed E-state index contributed by atoms with van der Waals surface area (Å²) in [6, 6.07) is 18.6. The first-order valence-corrected chi connectivity index (χ1v) is 9.66. The highest BCUT2D eigenvalue weighted by Gasteiger charge is 2.24. The lowest BCUT2D eigenvalue weighted by Crippen LogP contribution is -2.34. The Labute approximate surface area is 155 Å². The van der Waals surface area contributed by atoms with Gasteiger partial charge in [-0.2, -0.15) is 0 Å². The van der Waals surface area contributed by atoms with E-state index in [0.29, 0.717) is 6.42 Å². The lowest BCUT2D eigenvalue weighted by molar-refractivity contribution is -0.116. The van der Waals surface area contributed by atoms with Gasteiger partial charge in [-0.05, 0) is 61.1 Å². The van der Waals surface area contributed by atoms with E-state index in [2.05, 4.69) is 34.5 Å². The van der Waals surface area contributed by atoms with Gasteiger partial charge < -0.3 is 5.32 Å². The Morgan fingerprint density at radius 3 is 2.65 bits per heavy atom. The summed E-state index contributed by atoms with van der Waals surface area (Å²) in [7, 11) is 0. The van der Waals surface area contributed by atoms with Crippen LogP contribution in [0.4, 0.5) is 5.69 Å². The molecule has 1 aliphatic carbocycles. The third-order valence-electron chi connectivity index (χ3n) is 5.49. The molecule has 0 aromatic heterocycles. The number of fused-ring (bicyclic) bond motifs is 2. The van der Waals surface area contributed by atoms with Crippen molar-refractivity contribution in [3.05, 3.63) is 71.3 Å². The van der Waals surface area contributed by atoms with E-state index in [1.54, 1.807) is 11.1 Å². The molecule has 134 valence electrons. The number of nitrogens with zero attached hydrogens (tertiary/aromatic N) is 1. The average Bonchev–Trinajstić information content (AvgIpc) is 2.68. The molecule has 2 aliphatic rings. The Kier molecular flexibility index (Phi) is 5.16. The first-order valence-electron chi connectivity index (χ1n) is 9.66. The summed E-state index contributed by atoms with van der Waals surface area (Å²) in [6.07, 6.45) is 5.00. The number of carbonyl (C=O) groups excluding carboxylic acids is 1. The van der Waals surface area contributed by atoms with E-state index in [1.165, 1.54) is 24.0 Å². The van der Waals surface area contributed by atoms with Crippen molar-refractivity contribution < 1.29 is 4.79 Å². The molecule has 0 saturated carbocycles. The van der Waals surface area contributed by atoms with Crippen LogP contribution in [0, 0.1) is 0 Å². The highest BCUT2D eigenvalue weighted by molar-refractivity contribution is 5.90. The number of hydrogen-bond acceptors (Lipinski definition) is 2. The second-order valence-electron chi connectivity index (χ2n) is 7.28. The minimum atomic E-state index is 0.111. The quantitative estimate of drug-likeness (QED) is 0.864. The molecule has 4 rings (SSSR count). The molecule has 0 spiro atoms. The average molecular weight is 346 g/mol. The topological polar surface area (TPSA) is 32.3 Å². The Morgan fingerprint density at radius 2 is 1.77 bits per heavy atom. The van der Waals surface area contributed by atoms with E-state index in [1.807, 2.05) is 30.3 Å². The van der Waals surface area contributed by atoms with Gasteiger partial charge in [0.2, 0.25) is 5.91 Å². The van der Waals surface area contributed by atoms with Gasteiger partial charge in [0.15, 0.2) is 0 Å².